The quantitative estimate of drug-likeness (QED) is 0.534. The molecule has 0 aromatic carbocycles. The molecule has 0 rings (SSSR count). The van der Waals surface area contributed by atoms with Gasteiger partial charge in [0.2, 0.25) is 0 Å². The van der Waals surface area contributed by atoms with E-state index in [9.17, 15) is 0 Å². The summed E-state index contributed by atoms with van der Waals surface area (Å²) in [5.74, 6) is 0. The molecule has 0 bridgehead atoms. The van der Waals surface area contributed by atoms with Crippen molar-refractivity contribution in [2.45, 2.75) is 0 Å². The third-order valence-corrected chi connectivity index (χ3v) is 1.54. The molecule has 2 atom stereocenters. The number of hydrogen-bond donors (Lipinski definition) is 0. The summed E-state index contributed by atoms with van der Waals surface area (Å²) in [7, 11) is 7.60. The van der Waals surface area contributed by atoms with Gasteiger partial charge in [-0.05, 0) is 19.4 Å². The van der Waals surface area contributed by atoms with Crippen LogP contribution in [0.4, 0.5) is 0 Å². The Labute approximate surface area is 56.6 Å². The van der Waals surface area contributed by atoms with Crippen molar-refractivity contribution >= 4 is 18.5 Å². The molecule has 0 fully saturated rings. The average molecular weight is 151 g/mol. The molecule has 0 spiro atoms. The topological polar surface area (TPSA) is 3.24 Å². The summed E-state index contributed by atoms with van der Waals surface area (Å²) in [4.78, 5) is 2.32. The molecule has 0 heterocycles. The molecule has 50 valence electrons. The molecule has 0 aliphatic carbocycles. The SMILES string of the molecule is CN(CCP)CCP. The van der Waals surface area contributed by atoms with E-state index in [4.69, 9.17) is 0 Å². The van der Waals surface area contributed by atoms with Crippen LogP contribution in [0.5, 0.6) is 0 Å². The Hall–Kier alpha value is 0.820. The van der Waals surface area contributed by atoms with Crippen LogP contribution >= 0.6 is 18.5 Å². The highest BCUT2D eigenvalue weighted by Gasteiger charge is 1.90. The Morgan fingerprint density at radius 1 is 1.12 bits per heavy atom. The van der Waals surface area contributed by atoms with E-state index in [1.165, 1.54) is 25.4 Å². The highest BCUT2D eigenvalue weighted by atomic mass is 31.0. The van der Waals surface area contributed by atoms with Crippen molar-refractivity contribution in [2.75, 3.05) is 32.5 Å². The Kier molecular flexibility index (Phi) is 6.56. The summed E-state index contributed by atoms with van der Waals surface area (Å²) in [5.41, 5.74) is 0. The molecule has 8 heavy (non-hydrogen) atoms. The van der Waals surface area contributed by atoms with Crippen LogP contribution in [-0.4, -0.2) is 37.4 Å². The Balaban J connectivity index is 2.92. The van der Waals surface area contributed by atoms with E-state index in [2.05, 4.69) is 30.4 Å². The lowest BCUT2D eigenvalue weighted by atomic mass is 10.6. The van der Waals surface area contributed by atoms with Gasteiger partial charge in [-0.2, -0.15) is 0 Å². The maximum atomic E-state index is 2.72. The molecule has 0 aliphatic heterocycles. The van der Waals surface area contributed by atoms with E-state index < -0.39 is 0 Å². The summed E-state index contributed by atoms with van der Waals surface area (Å²) in [6, 6.07) is 0. The highest BCUT2D eigenvalue weighted by Crippen LogP contribution is 1.88. The largest absolute Gasteiger partial charge is 0.306 e. The second-order valence-electron chi connectivity index (χ2n) is 1.88. The fraction of sp³-hybridized carbons (Fsp3) is 1.00. The van der Waals surface area contributed by atoms with Gasteiger partial charge in [0.05, 0.1) is 0 Å². The predicted octanol–water partition coefficient (Wildman–Crippen LogP) is 0.668. The zero-order valence-corrected chi connectivity index (χ0v) is 7.74. The van der Waals surface area contributed by atoms with E-state index in [-0.39, 0.29) is 0 Å². The summed E-state index contributed by atoms with van der Waals surface area (Å²) in [5, 5.41) is 0. The predicted molar refractivity (Wildman–Crippen MR) is 46.7 cm³/mol. The van der Waals surface area contributed by atoms with Gasteiger partial charge >= 0.3 is 0 Å². The van der Waals surface area contributed by atoms with E-state index >= 15 is 0 Å². The summed E-state index contributed by atoms with van der Waals surface area (Å²) >= 11 is 0. The number of nitrogens with zero attached hydrogens (tertiary/aromatic N) is 1. The molecule has 2 unspecified atom stereocenters. The van der Waals surface area contributed by atoms with Crippen LogP contribution in [-0.2, 0) is 0 Å². The normalized spacial score (nSPS) is 10.5. The van der Waals surface area contributed by atoms with Gasteiger partial charge < -0.3 is 4.90 Å². The van der Waals surface area contributed by atoms with E-state index in [0.29, 0.717) is 0 Å². The molecule has 0 radical (unpaired) electrons. The summed E-state index contributed by atoms with van der Waals surface area (Å²) in [6.07, 6.45) is 2.36. The maximum absolute atomic E-state index is 2.72. The van der Waals surface area contributed by atoms with Gasteiger partial charge in [-0.25, -0.2) is 0 Å². The Morgan fingerprint density at radius 2 is 1.50 bits per heavy atom. The molecule has 3 heteroatoms. The molecule has 0 amide bonds. The average Bonchev–Trinajstić information content (AvgIpc) is 1.68. The van der Waals surface area contributed by atoms with Crippen molar-refractivity contribution < 1.29 is 0 Å². The van der Waals surface area contributed by atoms with Gasteiger partial charge in [0.15, 0.2) is 0 Å². The second kappa shape index (κ2) is 5.95. The second-order valence-corrected chi connectivity index (χ2v) is 3.04. The first-order valence-electron chi connectivity index (χ1n) is 2.90. The molecular weight excluding hydrogens is 136 g/mol. The first-order valence-corrected chi connectivity index (χ1v) is 4.53. The third kappa shape index (κ3) is 4.97. The van der Waals surface area contributed by atoms with Crippen LogP contribution in [0.15, 0.2) is 0 Å². The lowest BCUT2D eigenvalue weighted by Gasteiger charge is -2.12. The van der Waals surface area contributed by atoms with Crippen molar-refractivity contribution in [3.8, 4) is 0 Å². The van der Waals surface area contributed by atoms with Crippen LogP contribution < -0.4 is 0 Å². The molecule has 0 N–H and O–H groups in total. The monoisotopic (exact) mass is 151 g/mol. The summed E-state index contributed by atoms with van der Waals surface area (Å²) < 4.78 is 0. The van der Waals surface area contributed by atoms with Gasteiger partial charge in [-0.15, -0.1) is 18.5 Å². The number of rotatable bonds is 4. The van der Waals surface area contributed by atoms with Crippen molar-refractivity contribution in [3.05, 3.63) is 0 Å². The van der Waals surface area contributed by atoms with Crippen molar-refractivity contribution in [1.29, 1.82) is 0 Å². The van der Waals surface area contributed by atoms with Gasteiger partial charge in [-0.1, -0.05) is 0 Å². The smallest absolute Gasteiger partial charge is 0.00130 e. The highest BCUT2D eigenvalue weighted by molar-refractivity contribution is 7.16. The van der Waals surface area contributed by atoms with E-state index in [1.54, 1.807) is 0 Å². The molecule has 0 aromatic heterocycles. The molecule has 0 saturated heterocycles. The van der Waals surface area contributed by atoms with Gasteiger partial charge in [0.1, 0.15) is 0 Å². The molecular formula is C5H15NP2. The first kappa shape index (κ1) is 8.82. The molecule has 0 aliphatic rings. The fourth-order valence-electron chi connectivity index (χ4n) is 0.553. The lowest BCUT2D eigenvalue weighted by molar-refractivity contribution is 0.379. The first-order chi connectivity index (χ1) is 3.81. The summed E-state index contributed by atoms with van der Waals surface area (Å²) in [6.45, 7) is 2.39. The lowest BCUT2D eigenvalue weighted by Crippen LogP contribution is -2.22. The maximum Gasteiger partial charge on any atom is 0.00130 e. The van der Waals surface area contributed by atoms with Crippen LogP contribution in [0.1, 0.15) is 0 Å². The van der Waals surface area contributed by atoms with E-state index in [0.717, 1.165) is 0 Å². The standard InChI is InChI=1S/C5H15NP2/c1-6(2-4-7)3-5-8/h2-5,7-8H2,1H3. The zero-order valence-electron chi connectivity index (χ0n) is 5.43. The van der Waals surface area contributed by atoms with Crippen LogP contribution in [0.3, 0.4) is 0 Å². The van der Waals surface area contributed by atoms with Crippen LogP contribution in [0, 0.1) is 0 Å². The Bertz CT molecular complexity index is 43.7. The minimum atomic E-state index is 1.18. The minimum absolute atomic E-state index is 1.18. The third-order valence-electron chi connectivity index (χ3n) is 1.02. The van der Waals surface area contributed by atoms with Crippen molar-refractivity contribution in [3.63, 3.8) is 0 Å². The molecule has 0 saturated carbocycles. The molecule has 0 aromatic rings. The number of hydrogen-bond acceptors (Lipinski definition) is 1. The van der Waals surface area contributed by atoms with Crippen LogP contribution in [0.25, 0.3) is 0 Å². The fourth-order valence-corrected chi connectivity index (χ4v) is 1.43. The van der Waals surface area contributed by atoms with Crippen LogP contribution in [0.2, 0.25) is 0 Å². The van der Waals surface area contributed by atoms with E-state index in [1.807, 2.05) is 0 Å². The Morgan fingerprint density at radius 3 is 1.75 bits per heavy atom. The van der Waals surface area contributed by atoms with Crippen molar-refractivity contribution in [2.24, 2.45) is 0 Å². The zero-order chi connectivity index (χ0) is 6.41. The minimum Gasteiger partial charge on any atom is -0.306 e. The molecule has 1 nitrogen and oxygen atoms in total. The van der Waals surface area contributed by atoms with Crippen molar-refractivity contribution in [1.82, 2.24) is 4.90 Å². The van der Waals surface area contributed by atoms with Gasteiger partial charge in [-0.3, -0.25) is 0 Å². The van der Waals surface area contributed by atoms with Gasteiger partial charge in [0.25, 0.3) is 0 Å². The van der Waals surface area contributed by atoms with Gasteiger partial charge in [0, 0.05) is 13.1 Å².